The van der Waals surface area contributed by atoms with E-state index in [1.165, 1.54) is 6.42 Å². The molecule has 112 valence electrons. The van der Waals surface area contributed by atoms with Crippen LogP contribution in [0.2, 0.25) is 0 Å². The minimum Gasteiger partial charge on any atom is -0.364 e. The summed E-state index contributed by atoms with van der Waals surface area (Å²) in [5.74, 6) is 0.617. The van der Waals surface area contributed by atoms with Crippen LogP contribution >= 0.6 is 0 Å². The average molecular weight is 270 g/mol. The molecule has 4 nitrogen and oxygen atoms in total. The molecule has 19 heavy (non-hydrogen) atoms. The van der Waals surface area contributed by atoms with Crippen molar-refractivity contribution in [2.45, 2.75) is 70.9 Å². The molecule has 3 N–H and O–H groups in total. The summed E-state index contributed by atoms with van der Waals surface area (Å²) in [7, 11) is 0. The molecule has 0 aliphatic heterocycles. The predicted octanol–water partition coefficient (Wildman–Crippen LogP) is 2.22. The number of carbonyl (C=O) groups is 1. The van der Waals surface area contributed by atoms with E-state index < -0.39 is 0 Å². The standard InChI is InChI=1S/C15H30N2O2/c1-4-6-13(3)17-14(18)10-19-15(11-16)8-5-7-12(2)9-15/h12-13H,4-11,16H2,1-3H3,(H,17,18). The second kappa shape index (κ2) is 7.85. The molecule has 1 aliphatic carbocycles. The van der Waals surface area contributed by atoms with E-state index in [1.54, 1.807) is 0 Å². The zero-order valence-corrected chi connectivity index (χ0v) is 12.7. The van der Waals surface area contributed by atoms with E-state index >= 15 is 0 Å². The molecule has 0 bridgehead atoms. The summed E-state index contributed by atoms with van der Waals surface area (Å²) < 4.78 is 5.89. The maximum absolute atomic E-state index is 11.8. The summed E-state index contributed by atoms with van der Waals surface area (Å²) >= 11 is 0. The molecule has 0 aromatic heterocycles. The van der Waals surface area contributed by atoms with Gasteiger partial charge in [0, 0.05) is 12.6 Å². The lowest BCUT2D eigenvalue weighted by molar-refractivity contribution is -0.137. The summed E-state index contributed by atoms with van der Waals surface area (Å²) in [6.07, 6.45) is 6.42. The first-order chi connectivity index (χ1) is 9.01. The molecule has 1 amide bonds. The Morgan fingerprint density at radius 1 is 1.58 bits per heavy atom. The molecular weight excluding hydrogens is 240 g/mol. The molecule has 0 radical (unpaired) electrons. The SMILES string of the molecule is CCCC(C)NC(=O)COC1(CN)CCCC(C)C1. The van der Waals surface area contributed by atoms with Gasteiger partial charge in [0.15, 0.2) is 0 Å². The van der Waals surface area contributed by atoms with Crippen molar-refractivity contribution in [3.63, 3.8) is 0 Å². The van der Waals surface area contributed by atoms with E-state index in [4.69, 9.17) is 10.5 Å². The van der Waals surface area contributed by atoms with E-state index in [2.05, 4.69) is 19.2 Å². The number of rotatable bonds is 7. The Kier molecular flexibility index (Phi) is 6.80. The van der Waals surface area contributed by atoms with Crippen molar-refractivity contribution in [2.75, 3.05) is 13.2 Å². The molecule has 1 rings (SSSR count). The number of carbonyl (C=O) groups excluding carboxylic acids is 1. The number of ether oxygens (including phenoxy) is 1. The van der Waals surface area contributed by atoms with Crippen molar-refractivity contribution in [1.82, 2.24) is 5.32 Å². The van der Waals surface area contributed by atoms with Crippen LogP contribution in [0.1, 0.15) is 59.3 Å². The fourth-order valence-electron chi connectivity index (χ4n) is 3.03. The molecule has 0 aromatic rings. The van der Waals surface area contributed by atoms with Crippen molar-refractivity contribution in [3.05, 3.63) is 0 Å². The monoisotopic (exact) mass is 270 g/mol. The zero-order chi connectivity index (χ0) is 14.3. The van der Waals surface area contributed by atoms with Crippen LogP contribution in [0.25, 0.3) is 0 Å². The Morgan fingerprint density at radius 2 is 2.32 bits per heavy atom. The van der Waals surface area contributed by atoms with Crippen molar-refractivity contribution in [3.8, 4) is 0 Å². The highest BCUT2D eigenvalue weighted by Crippen LogP contribution is 2.34. The normalized spacial score (nSPS) is 28.9. The molecule has 1 aliphatic rings. The second-order valence-electron chi connectivity index (χ2n) is 6.13. The van der Waals surface area contributed by atoms with E-state index in [0.29, 0.717) is 12.5 Å². The Bertz CT molecular complexity index is 283. The molecule has 3 atom stereocenters. The van der Waals surface area contributed by atoms with Gasteiger partial charge < -0.3 is 15.8 Å². The molecule has 0 heterocycles. The maximum atomic E-state index is 11.8. The fourth-order valence-corrected chi connectivity index (χ4v) is 3.03. The highest BCUT2D eigenvalue weighted by atomic mass is 16.5. The predicted molar refractivity (Wildman–Crippen MR) is 77.9 cm³/mol. The third-order valence-corrected chi connectivity index (χ3v) is 4.06. The van der Waals surface area contributed by atoms with Gasteiger partial charge in [0.05, 0.1) is 5.60 Å². The van der Waals surface area contributed by atoms with Gasteiger partial charge in [-0.2, -0.15) is 0 Å². The fraction of sp³-hybridized carbons (Fsp3) is 0.933. The van der Waals surface area contributed by atoms with Crippen molar-refractivity contribution in [2.24, 2.45) is 11.7 Å². The molecule has 1 fully saturated rings. The zero-order valence-electron chi connectivity index (χ0n) is 12.7. The van der Waals surface area contributed by atoms with Crippen LogP contribution in [-0.2, 0) is 9.53 Å². The summed E-state index contributed by atoms with van der Waals surface area (Å²) in [5.41, 5.74) is 5.60. The summed E-state index contributed by atoms with van der Waals surface area (Å²) in [4.78, 5) is 11.8. The minimum atomic E-state index is -0.275. The van der Waals surface area contributed by atoms with Gasteiger partial charge in [-0.05, 0) is 32.1 Å². The van der Waals surface area contributed by atoms with Crippen molar-refractivity contribution < 1.29 is 9.53 Å². The lowest BCUT2D eigenvalue weighted by Crippen LogP contribution is -2.47. The maximum Gasteiger partial charge on any atom is 0.246 e. The minimum absolute atomic E-state index is 0.0213. The van der Waals surface area contributed by atoms with Gasteiger partial charge in [-0.25, -0.2) is 0 Å². The van der Waals surface area contributed by atoms with Crippen LogP contribution in [0.5, 0.6) is 0 Å². The number of amides is 1. The van der Waals surface area contributed by atoms with Crippen LogP contribution in [0.3, 0.4) is 0 Å². The number of hydrogen-bond acceptors (Lipinski definition) is 3. The summed E-state index contributed by atoms with van der Waals surface area (Å²) in [5, 5.41) is 2.97. The van der Waals surface area contributed by atoms with Gasteiger partial charge in [-0.3, -0.25) is 4.79 Å². The molecule has 1 saturated carbocycles. The van der Waals surface area contributed by atoms with Gasteiger partial charge in [0.25, 0.3) is 0 Å². The Morgan fingerprint density at radius 3 is 2.89 bits per heavy atom. The first-order valence-corrected chi connectivity index (χ1v) is 7.64. The Labute approximate surface area is 117 Å². The molecule has 0 aromatic carbocycles. The topological polar surface area (TPSA) is 64.3 Å². The third-order valence-electron chi connectivity index (χ3n) is 4.06. The molecular formula is C15H30N2O2. The van der Waals surface area contributed by atoms with Crippen LogP contribution < -0.4 is 11.1 Å². The van der Waals surface area contributed by atoms with E-state index in [9.17, 15) is 4.79 Å². The highest BCUT2D eigenvalue weighted by Gasteiger charge is 2.35. The van der Waals surface area contributed by atoms with Gasteiger partial charge >= 0.3 is 0 Å². The quantitative estimate of drug-likeness (QED) is 0.745. The molecule has 0 saturated heterocycles. The van der Waals surface area contributed by atoms with Gasteiger partial charge in [0.2, 0.25) is 5.91 Å². The van der Waals surface area contributed by atoms with Crippen molar-refractivity contribution in [1.29, 1.82) is 0 Å². The van der Waals surface area contributed by atoms with Crippen LogP contribution in [-0.4, -0.2) is 30.7 Å². The number of nitrogens with one attached hydrogen (secondary N) is 1. The average Bonchev–Trinajstić information content (AvgIpc) is 2.37. The van der Waals surface area contributed by atoms with Crippen LogP contribution in [0.4, 0.5) is 0 Å². The van der Waals surface area contributed by atoms with Gasteiger partial charge in [-0.1, -0.05) is 33.1 Å². The largest absolute Gasteiger partial charge is 0.364 e. The first-order valence-electron chi connectivity index (χ1n) is 7.64. The first kappa shape index (κ1) is 16.4. The van der Waals surface area contributed by atoms with Gasteiger partial charge in [-0.15, -0.1) is 0 Å². The highest BCUT2D eigenvalue weighted by molar-refractivity contribution is 5.77. The van der Waals surface area contributed by atoms with Gasteiger partial charge in [0.1, 0.15) is 6.61 Å². The lowest BCUT2D eigenvalue weighted by Gasteiger charge is -2.39. The van der Waals surface area contributed by atoms with E-state index in [0.717, 1.165) is 32.1 Å². The third kappa shape index (κ3) is 5.49. The smallest absolute Gasteiger partial charge is 0.246 e. The summed E-state index contributed by atoms with van der Waals surface area (Å²) in [6.45, 7) is 7.03. The summed E-state index contributed by atoms with van der Waals surface area (Å²) in [6, 6.07) is 0.222. The molecule has 4 heteroatoms. The Hall–Kier alpha value is -0.610. The van der Waals surface area contributed by atoms with Crippen molar-refractivity contribution >= 4 is 5.91 Å². The number of nitrogens with two attached hydrogens (primary N) is 1. The van der Waals surface area contributed by atoms with E-state index in [1.807, 2.05) is 6.92 Å². The number of hydrogen-bond donors (Lipinski definition) is 2. The lowest BCUT2D eigenvalue weighted by atomic mass is 9.79. The van der Waals surface area contributed by atoms with E-state index in [-0.39, 0.29) is 24.2 Å². The second-order valence-corrected chi connectivity index (χ2v) is 6.13. The molecule has 3 unspecified atom stereocenters. The Balaban J connectivity index is 2.38. The van der Waals surface area contributed by atoms with Crippen LogP contribution in [0.15, 0.2) is 0 Å². The van der Waals surface area contributed by atoms with Crippen LogP contribution in [0, 0.1) is 5.92 Å². The molecule has 0 spiro atoms.